The van der Waals surface area contributed by atoms with Crippen LogP contribution in [0.15, 0.2) is 75.6 Å². The number of allylic oxidation sites excluding steroid dienone is 1. The minimum absolute atomic E-state index is 1.00. The Kier molecular flexibility index (Phi) is 4.30. The second kappa shape index (κ2) is 6.73. The summed E-state index contributed by atoms with van der Waals surface area (Å²) in [5.74, 6) is 1.11. The molecule has 0 bridgehead atoms. The van der Waals surface area contributed by atoms with Crippen molar-refractivity contribution in [1.82, 2.24) is 9.80 Å². The van der Waals surface area contributed by atoms with Gasteiger partial charge in [0.2, 0.25) is 0 Å². The lowest BCUT2D eigenvalue weighted by Gasteiger charge is -2.36. The fourth-order valence-electron chi connectivity index (χ4n) is 3.20. The van der Waals surface area contributed by atoms with Gasteiger partial charge in [0, 0.05) is 41.5 Å². The molecule has 2 aromatic carbocycles. The van der Waals surface area contributed by atoms with Gasteiger partial charge in [0.05, 0.1) is 5.69 Å². The molecule has 1 fully saturated rings. The van der Waals surface area contributed by atoms with Gasteiger partial charge in [0.1, 0.15) is 5.84 Å². The van der Waals surface area contributed by atoms with Gasteiger partial charge in [-0.05, 0) is 31.3 Å². The number of nitrogens with zero attached hydrogens (tertiary/aromatic N) is 3. The van der Waals surface area contributed by atoms with E-state index in [4.69, 9.17) is 4.99 Å². The van der Waals surface area contributed by atoms with Gasteiger partial charge in [-0.15, -0.1) is 0 Å². The van der Waals surface area contributed by atoms with E-state index in [9.17, 15) is 0 Å². The van der Waals surface area contributed by atoms with Crippen LogP contribution in [0.1, 0.15) is 12.5 Å². The van der Waals surface area contributed by atoms with Crippen molar-refractivity contribution in [3.8, 4) is 0 Å². The summed E-state index contributed by atoms with van der Waals surface area (Å²) >= 11 is 1.82. The van der Waals surface area contributed by atoms with Crippen molar-refractivity contribution in [3.05, 3.63) is 66.4 Å². The van der Waals surface area contributed by atoms with E-state index in [0.717, 1.165) is 37.7 Å². The fourth-order valence-corrected chi connectivity index (χ4v) is 4.22. The van der Waals surface area contributed by atoms with Crippen molar-refractivity contribution in [2.75, 3.05) is 26.2 Å². The van der Waals surface area contributed by atoms with Crippen LogP contribution in [0.2, 0.25) is 0 Å². The van der Waals surface area contributed by atoms with E-state index < -0.39 is 0 Å². The molecule has 4 heteroatoms. The number of hydrogen-bond donors (Lipinski definition) is 0. The topological polar surface area (TPSA) is 18.8 Å². The minimum atomic E-state index is 1.00. The van der Waals surface area contributed by atoms with Crippen LogP contribution in [0.25, 0.3) is 0 Å². The molecule has 122 valence electrons. The summed E-state index contributed by atoms with van der Waals surface area (Å²) in [6.07, 6.45) is 4.30. The largest absolute Gasteiger partial charge is 0.374 e. The van der Waals surface area contributed by atoms with Gasteiger partial charge >= 0.3 is 0 Å². The van der Waals surface area contributed by atoms with Gasteiger partial charge in [0.25, 0.3) is 0 Å². The molecule has 0 N–H and O–H groups in total. The molecule has 0 atom stereocenters. The van der Waals surface area contributed by atoms with Crippen LogP contribution in [0.3, 0.4) is 0 Å². The van der Waals surface area contributed by atoms with Crippen molar-refractivity contribution < 1.29 is 0 Å². The summed E-state index contributed by atoms with van der Waals surface area (Å²) in [6.45, 7) is 6.17. The molecule has 0 radical (unpaired) electrons. The van der Waals surface area contributed by atoms with Crippen LogP contribution in [0.5, 0.6) is 0 Å². The van der Waals surface area contributed by atoms with E-state index in [0.29, 0.717) is 0 Å². The Morgan fingerprint density at radius 3 is 2.42 bits per heavy atom. The van der Waals surface area contributed by atoms with Crippen molar-refractivity contribution in [1.29, 1.82) is 0 Å². The standard InChI is InChI=1S/C20H21N3S/c1-2-11-22-12-14-23(15-13-22)20-16-7-3-5-9-18(16)24-19-10-6-4-8-17(19)21-20/h2-11H,12-15H2,1H3. The summed E-state index contributed by atoms with van der Waals surface area (Å²) in [5.41, 5.74) is 2.32. The second-order valence-electron chi connectivity index (χ2n) is 6.01. The highest BCUT2D eigenvalue weighted by Gasteiger charge is 2.24. The lowest BCUT2D eigenvalue weighted by Crippen LogP contribution is -2.47. The SMILES string of the molecule is CC=CN1CCN(C2=Nc3ccccc3Sc3ccccc32)CC1. The Morgan fingerprint density at radius 1 is 0.917 bits per heavy atom. The summed E-state index contributed by atoms with van der Waals surface area (Å²) in [7, 11) is 0. The van der Waals surface area contributed by atoms with Crippen molar-refractivity contribution in [2.45, 2.75) is 16.7 Å². The third-order valence-electron chi connectivity index (χ3n) is 4.41. The Labute approximate surface area is 147 Å². The molecule has 2 aliphatic rings. The van der Waals surface area contributed by atoms with Crippen molar-refractivity contribution >= 4 is 23.3 Å². The Bertz CT molecular complexity index is 789. The molecule has 0 amide bonds. The Balaban J connectivity index is 1.72. The zero-order valence-corrected chi connectivity index (χ0v) is 14.7. The van der Waals surface area contributed by atoms with Gasteiger partial charge < -0.3 is 9.80 Å². The number of fused-ring (bicyclic) bond motifs is 2. The number of para-hydroxylation sites is 1. The van der Waals surface area contributed by atoms with E-state index in [1.165, 1.54) is 15.4 Å². The predicted octanol–water partition coefficient (Wildman–Crippen LogP) is 4.38. The zero-order valence-electron chi connectivity index (χ0n) is 13.9. The normalized spacial score (nSPS) is 17.3. The minimum Gasteiger partial charge on any atom is -0.374 e. The molecule has 0 aliphatic carbocycles. The van der Waals surface area contributed by atoms with Crippen LogP contribution < -0.4 is 0 Å². The third-order valence-corrected chi connectivity index (χ3v) is 5.55. The smallest absolute Gasteiger partial charge is 0.137 e. The first-order valence-corrected chi connectivity index (χ1v) is 9.23. The van der Waals surface area contributed by atoms with E-state index in [1.54, 1.807) is 0 Å². The zero-order chi connectivity index (χ0) is 16.4. The summed E-state index contributed by atoms with van der Waals surface area (Å²) in [5, 5.41) is 0. The van der Waals surface area contributed by atoms with Crippen molar-refractivity contribution in [3.63, 3.8) is 0 Å². The maximum absolute atomic E-state index is 5.06. The molecular weight excluding hydrogens is 314 g/mol. The summed E-state index contributed by atoms with van der Waals surface area (Å²) in [4.78, 5) is 12.4. The molecule has 24 heavy (non-hydrogen) atoms. The Morgan fingerprint density at radius 2 is 1.62 bits per heavy atom. The van der Waals surface area contributed by atoms with Crippen LogP contribution in [-0.2, 0) is 0 Å². The number of benzene rings is 2. The molecule has 0 unspecified atom stereocenters. The van der Waals surface area contributed by atoms with E-state index >= 15 is 0 Å². The van der Waals surface area contributed by atoms with Crippen LogP contribution in [-0.4, -0.2) is 41.8 Å². The molecule has 2 heterocycles. The summed E-state index contributed by atoms with van der Waals surface area (Å²) in [6, 6.07) is 17.1. The Hall–Kier alpha value is -2.20. The van der Waals surface area contributed by atoms with Gasteiger partial charge in [-0.25, -0.2) is 4.99 Å². The van der Waals surface area contributed by atoms with Crippen molar-refractivity contribution in [2.24, 2.45) is 4.99 Å². The highest BCUT2D eigenvalue weighted by Crippen LogP contribution is 2.40. The maximum atomic E-state index is 5.06. The van der Waals surface area contributed by atoms with Gasteiger partial charge in [-0.3, -0.25) is 0 Å². The summed E-state index contributed by atoms with van der Waals surface area (Å²) < 4.78 is 0. The van der Waals surface area contributed by atoms with Gasteiger partial charge in [-0.1, -0.05) is 48.2 Å². The lowest BCUT2D eigenvalue weighted by molar-refractivity contribution is 0.237. The first-order valence-electron chi connectivity index (χ1n) is 8.42. The van der Waals surface area contributed by atoms with Crippen LogP contribution >= 0.6 is 11.8 Å². The van der Waals surface area contributed by atoms with E-state index in [1.807, 2.05) is 11.8 Å². The molecule has 2 aromatic rings. The molecule has 0 aromatic heterocycles. The third kappa shape index (κ3) is 2.94. The highest BCUT2D eigenvalue weighted by molar-refractivity contribution is 7.99. The van der Waals surface area contributed by atoms with Gasteiger partial charge in [-0.2, -0.15) is 0 Å². The van der Waals surface area contributed by atoms with Gasteiger partial charge in [0.15, 0.2) is 0 Å². The molecular formula is C20H21N3S. The van der Waals surface area contributed by atoms with Crippen LogP contribution in [0.4, 0.5) is 5.69 Å². The first-order chi connectivity index (χ1) is 11.8. The molecule has 3 nitrogen and oxygen atoms in total. The van der Waals surface area contributed by atoms with E-state index in [-0.39, 0.29) is 0 Å². The highest BCUT2D eigenvalue weighted by atomic mass is 32.2. The fraction of sp³-hybridized carbons (Fsp3) is 0.250. The molecule has 1 saturated heterocycles. The monoisotopic (exact) mass is 335 g/mol. The average molecular weight is 335 g/mol. The number of rotatable bonds is 1. The van der Waals surface area contributed by atoms with E-state index in [2.05, 4.69) is 77.5 Å². The average Bonchev–Trinajstić information content (AvgIpc) is 2.79. The molecule has 4 rings (SSSR count). The molecule has 2 aliphatic heterocycles. The number of amidine groups is 1. The second-order valence-corrected chi connectivity index (χ2v) is 7.09. The number of hydrogen-bond acceptors (Lipinski definition) is 4. The van der Waals surface area contributed by atoms with Crippen LogP contribution in [0, 0.1) is 0 Å². The first kappa shape index (κ1) is 15.3. The lowest BCUT2D eigenvalue weighted by atomic mass is 10.1. The number of piperazine rings is 1. The quantitative estimate of drug-likeness (QED) is 0.771. The predicted molar refractivity (Wildman–Crippen MR) is 101 cm³/mol. The number of aliphatic imine (C=N–C) groups is 1. The molecule has 0 spiro atoms. The maximum Gasteiger partial charge on any atom is 0.137 e. The molecule has 0 saturated carbocycles.